The first kappa shape index (κ1) is 18.0. The van der Waals surface area contributed by atoms with Crippen LogP contribution in [0.3, 0.4) is 0 Å². The maximum absolute atomic E-state index is 13.0. The van der Waals surface area contributed by atoms with Gasteiger partial charge in [0.25, 0.3) is 10.0 Å². The van der Waals surface area contributed by atoms with E-state index in [1.54, 1.807) is 30.3 Å². The highest BCUT2D eigenvalue weighted by Crippen LogP contribution is 2.28. The quantitative estimate of drug-likeness (QED) is 0.868. The van der Waals surface area contributed by atoms with Crippen LogP contribution >= 0.6 is 0 Å². The molecule has 0 saturated heterocycles. The zero-order valence-corrected chi connectivity index (χ0v) is 14.7. The maximum atomic E-state index is 13.0. The number of sulfonamides is 1. The minimum absolute atomic E-state index is 0.0611. The predicted molar refractivity (Wildman–Crippen MR) is 93.7 cm³/mol. The van der Waals surface area contributed by atoms with Gasteiger partial charge in [-0.25, -0.2) is 13.2 Å². The Morgan fingerprint density at radius 2 is 1.50 bits per heavy atom. The first-order chi connectivity index (χ1) is 11.2. The van der Waals surface area contributed by atoms with Crippen LogP contribution in [0.1, 0.15) is 32.3 Å². The van der Waals surface area contributed by atoms with Gasteiger partial charge < -0.3 is 5.11 Å². The first-order valence-corrected chi connectivity index (χ1v) is 9.11. The number of carbonyl (C=O) groups is 1. The van der Waals surface area contributed by atoms with Crippen LogP contribution in [0.2, 0.25) is 0 Å². The molecule has 1 N–H and O–H groups in total. The molecule has 1 unspecified atom stereocenters. The van der Waals surface area contributed by atoms with Crippen molar-refractivity contribution in [2.45, 2.75) is 37.6 Å². The number of anilines is 1. The van der Waals surface area contributed by atoms with E-state index in [9.17, 15) is 18.3 Å². The molecule has 24 heavy (non-hydrogen) atoms. The van der Waals surface area contributed by atoms with Crippen LogP contribution in [0.5, 0.6) is 0 Å². The lowest BCUT2D eigenvalue weighted by Crippen LogP contribution is -2.43. The molecule has 2 aromatic carbocycles. The topological polar surface area (TPSA) is 74.7 Å². The fourth-order valence-corrected chi connectivity index (χ4v) is 4.02. The van der Waals surface area contributed by atoms with Gasteiger partial charge in [0, 0.05) is 0 Å². The SMILES string of the molecule is CC(C)c1ccc(N(C(C)C(=O)O)S(=O)(=O)c2ccccc2)cc1. The van der Waals surface area contributed by atoms with E-state index in [4.69, 9.17) is 0 Å². The van der Waals surface area contributed by atoms with Crippen LogP contribution in [-0.2, 0) is 14.8 Å². The highest BCUT2D eigenvalue weighted by atomic mass is 32.2. The van der Waals surface area contributed by atoms with Gasteiger partial charge in [-0.15, -0.1) is 0 Å². The van der Waals surface area contributed by atoms with Gasteiger partial charge in [0.2, 0.25) is 0 Å². The summed E-state index contributed by atoms with van der Waals surface area (Å²) in [6.07, 6.45) is 0. The van der Waals surface area contributed by atoms with Gasteiger partial charge in [0.15, 0.2) is 0 Å². The largest absolute Gasteiger partial charge is 0.480 e. The third kappa shape index (κ3) is 3.59. The number of aliphatic carboxylic acids is 1. The summed E-state index contributed by atoms with van der Waals surface area (Å²) in [5, 5.41) is 9.36. The maximum Gasteiger partial charge on any atom is 0.327 e. The van der Waals surface area contributed by atoms with Crippen molar-refractivity contribution in [1.82, 2.24) is 0 Å². The summed E-state index contributed by atoms with van der Waals surface area (Å²) >= 11 is 0. The van der Waals surface area contributed by atoms with Gasteiger partial charge in [-0.3, -0.25) is 4.31 Å². The summed E-state index contributed by atoms with van der Waals surface area (Å²) < 4.78 is 26.9. The summed E-state index contributed by atoms with van der Waals surface area (Å²) in [5.74, 6) is -0.905. The molecule has 0 aromatic heterocycles. The molecule has 2 rings (SSSR count). The second-order valence-corrected chi connectivity index (χ2v) is 7.69. The standard InChI is InChI=1S/C18H21NO4S/c1-13(2)15-9-11-16(12-10-15)19(14(3)18(20)21)24(22,23)17-7-5-4-6-8-17/h4-14H,1-3H3,(H,20,21). The normalized spacial score (nSPS) is 12.8. The summed E-state index contributed by atoms with van der Waals surface area (Å²) in [6, 6.07) is 13.6. The molecule has 0 fully saturated rings. The fraction of sp³-hybridized carbons (Fsp3) is 0.278. The number of benzene rings is 2. The molecule has 6 heteroatoms. The Balaban J connectivity index is 2.55. The molecule has 128 valence electrons. The van der Waals surface area contributed by atoms with Gasteiger partial charge in [0.1, 0.15) is 6.04 Å². The van der Waals surface area contributed by atoms with Crippen LogP contribution in [0.15, 0.2) is 59.5 Å². The molecule has 1 atom stereocenters. The molecule has 5 nitrogen and oxygen atoms in total. The number of carboxylic acid groups (broad SMARTS) is 1. The van der Waals surface area contributed by atoms with Crippen molar-refractivity contribution in [3.05, 3.63) is 60.2 Å². The first-order valence-electron chi connectivity index (χ1n) is 7.67. The zero-order valence-electron chi connectivity index (χ0n) is 13.9. The number of rotatable bonds is 6. The Hall–Kier alpha value is -2.34. The van der Waals surface area contributed by atoms with Gasteiger partial charge in [0.05, 0.1) is 10.6 Å². The molecule has 0 amide bonds. The van der Waals surface area contributed by atoms with Gasteiger partial charge in [-0.05, 0) is 42.7 Å². The summed E-state index contributed by atoms with van der Waals surface area (Å²) in [6.45, 7) is 5.43. The average molecular weight is 347 g/mol. The molecule has 0 bridgehead atoms. The van der Waals surface area contributed by atoms with E-state index in [1.165, 1.54) is 19.1 Å². The number of hydrogen-bond donors (Lipinski definition) is 1. The average Bonchev–Trinajstić information content (AvgIpc) is 2.56. The van der Waals surface area contributed by atoms with E-state index in [0.717, 1.165) is 9.87 Å². The molecule has 2 aromatic rings. The zero-order chi connectivity index (χ0) is 17.9. The molecule has 0 saturated carbocycles. The van der Waals surface area contributed by atoms with E-state index in [-0.39, 0.29) is 4.90 Å². The van der Waals surface area contributed by atoms with Crippen molar-refractivity contribution in [3.8, 4) is 0 Å². The minimum Gasteiger partial charge on any atom is -0.480 e. The molecule has 0 aliphatic carbocycles. The number of hydrogen-bond acceptors (Lipinski definition) is 3. The van der Waals surface area contributed by atoms with E-state index in [2.05, 4.69) is 0 Å². The van der Waals surface area contributed by atoms with Gasteiger partial charge in [-0.2, -0.15) is 0 Å². The lowest BCUT2D eigenvalue weighted by molar-refractivity contribution is -0.137. The van der Waals surface area contributed by atoms with Crippen molar-refractivity contribution in [2.24, 2.45) is 0 Å². The van der Waals surface area contributed by atoms with Gasteiger partial charge >= 0.3 is 5.97 Å². The van der Waals surface area contributed by atoms with Crippen molar-refractivity contribution in [2.75, 3.05) is 4.31 Å². The Morgan fingerprint density at radius 3 is 1.96 bits per heavy atom. The number of carboxylic acids is 1. The lowest BCUT2D eigenvalue weighted by atomic mass is 10.0. The molecular formula is C18H21NO4S. The molecular weight excluding hydrogens is 326 g/mol. The Bertz CT molecular complexity index is 799. The third-order valence-corrected chi connectivity index (χ3v) is 5.74. The summed E-state index contributed by atoms with van der Waals surface area (Å²) in [4.78, 5) is 11.5. The summed E-state index contributed by atoms with van der Waals surface area (Å²) in [7, 11) is -3.98. The molecule has 0 radical (unpaired) electrons. The lowest BCUT2D eigenvalue weighted by Gasteiger charge is -2.28. The van der Waals surface area contributed by atoms with Crippen LogP contribution < -0.4 is 4.31 Å². The highest BCUT2D eigenvalue weighted by Gasteiger charge is 2.33. The van der Waals surface area contributed by atoms with E-state index in [0.29, 0.717) is 11.6 Å². The Morgan fingerprint density at radius 1 is 0.958 bits per heavy atom. The van der Waals surface area contributed by atoms with Crippen LogP contribution in [0.4, 0.5) is 5.69 Å². The van der Waals surface area contributed by atoms with Crippen molar-refractivity contribution in [3.63, 3.8) is 0 Å². The second-order valence-electron chi connectivity index (χ2n) is 5.87. The molecule has 0 spiro atoms. The summed E-state index contributed by atoms with van der Waals surface area (Å²) in [5.41, 5.74) is 1.39. The third-order valence-electron chi connectivity index (χ3n) is 3.82. The molecule has 0 heterocycles. The van der Waals surface area contributed by atoms with E-state index >= 15 is 0 Å². The second kappa shape index (κ2) is 7.05. The minimum atomic E-state index is -3.98. The van der Waals surface area contributed by atoms with Crippen LogP contribution in [-0.4, -0.2) is 25.5 Å². The van der Waals surface area contributed by atoms with Crippen molar-refractivity contribution >= 4 is 21.7 Å². The van der Waals surface area contributed by atoms with E-state index < -0.39 is 22.0 Å². The van der Waals surface area contributed by atoms with Gasteiger partial charge in [-0.1, -0.05) is 44.2 Å². The van der Waals surface area contributed by atoms with Crippen LogP contribution in [0, 0.1) is 0 Å². The van der Waals surface area contributed by atoms with E-state index in [1.807, 2.05) is 26.0 Å². The highest BCUT2D eigenvalue weighted by molar-refractivity contribution is 7.92. The number of nitrogens with zero attached hydrogens (tertiary/aromatic N) is 1. The molecule has 0 aliphatic heterocycles. The Labute approximate surface area is 142 Å². The Kier molecular flexibility index (Phi) is 5.29. The van der Waals surface area contributed by atoms with Crippen molar-refractivity contribution in [1.29, 1.82) is 0 Å². The predicted octanol–water partition coefficient (Wildman–Crippen LogP) is 3.48. The van der Waals surface area contributed by atoms with Crippen molar-refractivity contribution < 1.29 is 18.3 Å². The van der Waals surface area contributed by atoms with Crippen LogP contribution in [0.25, 0.3) is 0 Å². The smallest absolute Gasteiger partial charge is 0.327 e. The monoisotopic (exact) mass is 347 g/mol. The molecule has 0 aliphatic rings. The fourth-order valence-electron chi connectivity index (χ4n) is 2.38.